The van der Waals surface area contributed by atoms with Crippen molar-refractivity contribution in [2.45, 2.75) is 25.7 Å². The van der Waals surface area contributed by atoms with Crippen molar-refractivity contribution in [2.24, 2.45) is 5.10 Å². The summed E-state index contributed by atoms with van der Waals surface area (Å²) in [4.78, 5) is 13.0. The van der Waals surface area contributed by atoms with Crippen LogP contribution in [0, 0.1) is 20.8 Å². The van der Waals surface area contributed by atoms with E-state index in [9.17, 15) is 13.2 Å². The summed E-state index contributed by atoms with van der Waals surface area (Å²) < 4.78 is 35.3. The number of halogens is 1. The third kappa shape index (κ3) is 6.16. The molecule has 0 saturated heterocycles. The highest BCUT2D eigenvalue weighted by Crippen LogP contribution is 2.32. The zero-order valence-electron chi connectivity index (χ0n) is 22.1. The molecule has 10 heteroatoms. The van der Waals surface area contributed by atoms with Gasteiger partial charge in [-0.1, -0.05) is 47.5 Å². The van der Waals surface area contributed by atoms with Crippen molar-refractivity contribution < 1.29 is 17.9 Å². The molecule has 0 fully saturated rings. The highest BCUT2D eigenvalue weighted by molar-refractivity contribution is 7.92. The molecule has 3 aromatic carbocycles. The summed E-state index contributed by atoms with van der Waals surface area (Å²) in [5.41, 5.74) is 7.66. The van der Waals surface area contributed by atoms with Gasteiger partial charge >= 0.3 is 0 Å². The van der Waals surface area contributed by atoms with Gasteiger partial charge in [0.2, 0.25) is 0 Å². The van der Waals surface area contributed by atoms with Gasteiger partial charge in [-0.2, -0.15) is 5.10 Å². The third-order valence-electron chi connectivity index (χ3n) is 6.20. The highest BCUT2D eigenvalue weighted by Gasteiger charge is 2.27. The van der Waals surface area contributed by atoms with E-state index in [0.717, 1.165) is 26.9 Å². The van der Waals surface area contributed by atoms with Gasteiger partial charge in [0.05, 0.1) is 28.9 Å². The van der Waals surface area contributed by atoms with Crippen LogP contribution in [0.4, 0.5) is 5.69 Å². The van der Waals surface area contributed by atoms with E-state index in [1.165, 1.54) is 36.9 Å². The fourth-order valence-corrected chi connectivity index (χ4v) is 5.88. The summed E-state index contributed by atoms with van der Waals surface area (Å²) in [7, 11) is -2.63. The quantitative estimate of drug-likeness (QED) is 0.217. The van der Waals surface area contributed by atoms with Crippen LogP contribution < -0.4 is 14.5 Å². The maximum Gasteiger partial charge on any atom is 0.264 e. The first kappa shape index (κ1) is 27.9. The summed E-state index contributed by atoms with van der Waals surface area (Å²) in [6, 6.07) is 22.6. The lowest BCUT2D eigenvalue weighted by Gasteiger charge is -2.24. The van der Waals surface area contributed by atoms with Crippen LogP contribution in [-0.4, -0.2) is 38.8 Å². The SMILES string of the molecule is COc1ccc(N(CC(=O)N/N=C\c2cc(C)n(-c3ccc(C)cc3)c2C)S(=O)(=O)c2ccccc2)cc1Cl. The average Bonchev–Trinajstić information content (AvgIpc) is 3.20. The van der Waals surface area contributed by atoms with Gasteiger partial charge in [0.25, 0.3) is 15.9 Å². The van der Waals surface area contributed by atoms with Crippen LogP contribution in [0.2, 0.25) is 5.02 Å². The largest absolute Gasteiger partial charge is 0.495 e. The van der Waals surface area contributed by atoms with E-state index in [-0.39, 0.29) is 15.6 Å². The van der Waals surface area contributed by atoms with E-state index in [2.05, 4.69) is 15.1 Å². The van der Waals surface area contributed by atoms with E-state index in [1.807, 2.05) is 51.1 Å². The molecule has 0 aliphatic heterocycles. The number of methoxy groups -OCH3 is 1. The number of nitrogens with one attached hydrogen (secondary N) is 1. The molecule has 0 atom stereocenters. The Balaban J connectivity index is 1.56. The first-order chi connectivity index (χ1) is 18.6. The Hall–Kier alpha value is -4.08. The van der Waals surface area contributed by atoms with Gasteiger partial charge in [-0.3, -0.25) is 9.10 Å². The summed E-state index contributed by atoms with van der Waals surface area (Å²) in [5.74, 6) is -0.236. The summed E-state index contributed by atoms with van der Waals surface area (Å²) >= 11 is 6.27. The topological polar surface area (TPSA) is 93.0 Å². The Kier molecular flexibility index (Phi) is 8.42. The second kappa shape index (κ2) is 11.8. The molecular formula is C29H29ClN4O4S. The zero-order chi connectivity index (χ0) is 28.2. The Bertz CT molecular complexity index is 1620. The number of sulfonamides is 1. The Morgan fingerprint density at radius 1 is 1.03 bits per heavy atom. The number of aryl methyl sites for hydroxylation is 2. The van der Waals surface area contributed by atoms with Gasteiger partial charge in [0, 0.05) is 22.6 Å². The molecule has 202 valence electrons. The fraction of sp³-hybridized carbons (Fsp3) is 0.172. The monoisotopic (exact) mass is 564 g/mol. The predicted octanol–water partition coefficient (Wildman–Crippen LogP) is 5.41. The maximum atomic E-state index is 13.5. The average molecular weight is 565 g/mol. The summed E-state index contributed by atoms with van der Waals surface area (Å²) in [6.07, 6.45) is 1.55. The first-order valence-corrected chi connectivity index (χ1v) is 13.9. The fourth-order valence-electron chi connectivity index (χ4n) is 4.19. The van der Waals surface area contributed by atoms with Gasteiger partial charge in [0.1, 0.15) is 12.3 Å². The Morgan fingerprint density at radius 3 is 2.36 bits per heavy atom. The van der Waals surface area contributed by atoms with E-state index in [0.29, 0.717) is 5.75 Å². The van der Waals surface area contributed by atoms with Crippen LogP contribution in [0.1, 0.15) is 22.5 Å². The summed E-state index contributed by atoms with van der Waals surface area (Å²) in [5, 5.41) is 4.32. The molecule has 0 aliphatic rings. The standard InChI is InChI=1S/C29H29ClN4O4S/c1-20-10-12-24(13-11-20)34-21(2)16-23(22(34)3)18-31-32-29(35)19-33(25-14-15-28(38-4)27(30)17-25)39(36,37)26-8-6-5-7-9-26/h5-18H,19H2,1-4H3,(H,32,35)/b31-18-. The molecule has 39 heavy (non-hydrogen) atoms. The van der Waals surface area contributed by atoms with Crippen LogP contribution >= 0.6 is 11.6 Å². The molecule has 0 unspecified atom stereocenters. The molecular weight excluding hydrogens is 536 g/mol. The molecule has 4 aromatic rings. The number of carbonyl (C=O) groups excluding carboxylic acids is 1. The first-order valence-electron chi connectivity index (χ1n) is 12.1. The number of anilines is 1. The van der Waals surface area contributed by atoms with Crippen LogP contribution in [0.5, 0.6) is 5.75 Å². The van der Waals surface area contributed by atoms with E-state index < -0.39 is 22.5 Å². The second-order valence-corrected chi connectivity index (χ2v) is 11.2. The molecule has 1 aromatic heterocycles. The number of rotatable bonds is 9. The predicted molar refractivity (Wildman–Crippen MR) is 155 cm³/mol. The van der Waals surface area contributed by atoms with Gasteiger partial charge in [-0.05, 0) is 69.3 Å². The molecule has 0 aliphatic carbocycles. The van der Waals surface area contributed by atoms with Gasteiger partial charge < -0.3 is 9.30 Å². The number of nitrogens with zero attached hydrogens (tertiary/aromatic N) is 3. The molecule has 8 nitrogen and oxygen atoms in total. The van der Waals surface area contributed by atoms with Crippen molar-refractivity contribution in [1.82, 2.24) is 9.99 Å². The third-order valence-corrected chi connectivity index (χ3v) is 8.28. The minimum atomic E-state index is -4.09. The van der Waals surface area contributed by atoms with Gasteiger partial charge in [-0.15, -0.1) is 0 Å². The van der Waals surface area contributed by atoms with Crippen molar-refractivity contribution in [3.05, 3.63) is 106 Å². The Labute approximate surface area is 233 Å². The normalized spacial score (nSPS) is 11.5. The van der Waals surface area contributed by atoms with Gasteiger partial charge in [0.15, 0.2) is 0 Å². The molecule has 1 amide bonds. The number of ether oxygens (including phenoxy) is 1. The lowest BCUT2D eigenvalue weighted by molar-refractivity contribution is -0.119. The number of amides is 1. The molecule has 4 rings (SSSR count). The van der Waals surface area contributed by atoms with Crippen molar-refractivity contribution in [1.29, 1.82) is 0 Å². The van der Waals surface area contributed by atoms with E-state index in [4.69, 9.17) is 16.3 Å². The van der Waals surface area contributed by atoms with Crippen LogP contribution in [0.25, 0.3) is 5.69 Å². The second-order valence-electron chi connectivity index (χ2n) is 8.93. The molecule has 0 bridgehead atoms. The van der Waals surface area contributed by atoms with Crippen LogP contribution in [0.3, 0.4) is 0 Å². The van der Waals surface area contributed by atoms with Crippen molar-refractivity contribution >= 4 is 39.4 Å². The maximum absolute atomic E-state index is 13.5. The lowest BCUT2D eigenvalue weighted by atomic mass is 10.2. The minimum Gasteiger partial charge on any atom is -0.495 e. The number of aromatic nitrogens is 1. The number of hydrogen-bond donors (Lipinski definition) is 1. The van der Waals surface area contributed by atoms with Crippen molar-refractivity contribution in [2.75, 3.05) is 18.0 Å². The van der Waals surface area contributed by atoms with Crippen LogP contribution in [-0.2, 0) is 14.8 Å². The molecule has 0 spiro atoms. The molecule has 0 radical (unpaired) electrons. The van der Waals surface area contributed by atoms with Crippen LogP contribution in [0.15, 0.2) is 88.9 Å². The molecule has 1 heterocycles. The Morgan fingerprint density at radius 2 is 1.72 bits per heavy atom. The number of carbonyl (C=O) groups is 1. The minimum absolute atomic E-state index is 0.0387. The van der Waals surface area contributed by atoms with Gasteiger partial charge in [-0.25, -0.2) is 13.8 Å². The number of benzene rings is 3. The van der Waals surface area contributed by atoms with Crippen molar-refractivity contribution in [3.63, 3.8) is 0 Å². The lowest BCUT2D eigenvalue weighted by Crippen LogP contribution is -2.39. The smallest absolute Gasteiger partial charge is 0.264 e. The van der Waals surface area contributed by atoms with E-state index in [1.54, 1.807) is 30.5 Å². The number of hydrazone groups is 1. The number of hydrogen-bond acceptors (Lipinski definition) is 5. The molecule has 1 N–H and O–H groups in total. The van der Waals surface area contributed by atoms with Crippen molar-refractivity contribution in [3.8, 4) is 11.4 Å². The van der Waals surface area contributed by atoms with E-state index >= 15 is 0 Å². The zero-order valence-corrected chi connectivity index (χ0v) is 23.6. The highest BCUT2D eigenvalue weighted by atomic mass is 35.5. The summed E-state index contributed by atoms with van der Waals surface area (Å²) in [6.45, 7) is 5.49. The molecule has 0 saturated carbocycles.